The molecule has 0 unspecified atom stereocenters. The monoisotopic (exact) mass is 471 g/mol. The van der Waals surface area contributed by atoms with E-state index < -0.39 is 0 Å². The first kappa shape index (κ1) is 24.7. The molecule has 33 heavy (non-hydrogen) atoms. The van der Waals surface area contributed by atoms with Gasteiger partial charge in [-0.25, -0.2) is 0 Å². The predicted octanol–water partition coefficient (Wildman–Crippen LogP) is 7.15. The minimum absolute atomic E-state index is 0.0700. The zero-order chi connectivity index (χ0) is 23.2. The summed E-state index contributed by atoms with van der Waals surface area (Å²) in [5.41, 5.74) is 2.20. The van der Waals surface area contributed by atoms with Gasteiger partial charge >= 0.3 is 0 Å². The van der Waals surface area contributed by atoms with Crippen molar-refractivity contribution in [2.75, 3.05) is 4.90 Å². The van der Waals surface area contributed by atoms with Crippen LogP contribution < -0.4 is 4.90 Å². The van der Waals surface area contributed by atoms with Gasteiger partial charge in [0, 0.05) is 16.8 Å². The number of amides is 1. The van der Waals surface area contributed by atoms with E-state index in [4.69, 9.17) is 0 Å². The molecule has 1 N–H and O–H groups in total. The summed E-state index contributed by atoms with van der Waals surface area (Å²) in [5, 5.41) is 10.1. The van der Waals surface area contributed by atoms with Crippen molar-refractivity contribution in [3.63, 3.8) is 0 Å². The van der Waals surface area contributed by atoms with Crippen molar-refractivity contribution in [3.05, 3.63) is 21.9 Å². The zero-order valence-electron chi connectivity index (χ0n) is 20.3. The maximum atomic E-state index is 14.1. The molecule has 0 bridgehead atoms. The summed E-state index contributed by atoms with van der Waals surface area (Å²) in [4.78, 5) is 30.2. The third-order valence-electron chi connectivity index (χ3n) is 8.24. The number of allylic oxidation sites excluding steroid dienone is 2. The fraction of sp³-hybridized carbons (Fsp3) is 0.714. The van der Waals surface area contributed by atoms with Gasteiger partial charge in [0.2, 0.25) is 5.91 Å². The van der Waals surface area contributed by atoms with Crippen LogP contribution in [-0.2, 0) is 4.79 Å². The van der Waals surface area contributed by atoms with Crippen molar-refractivity contribution in [3.8, 4) is 0 Å². The lowest BCUT2D eigenvalue weighted by atomic mass is 9.80. The minimum atomic E-state index is -0.212. The summed E-state index contributed by atoms with van der Waals surface area (Å²) < 4.78 is 0. The van der Waals surface area contributed by atoms with Gasteiger partial charge in [-0.2, -0.15) is 0 Å². The average molecular weight is 472 g/mol. The van der Waals surface area contributed by atoms with Gasteiger partial charge in [-0.05, 0) is 107 Å². The van der Waals surface area contributed by atoms with Crippen molar-refractivity contribution >= 4 is 34.8 Å². The summed E-state index contributed by atoms with van der Waals surface area (Å²) >= 11 is 1.57. The summed E-state index contributed by atoms with van der Waals surface area (Å²) in [6.07, 6.45) is 18.4. The van der Waals surface area contributed by atoms with Crippen molar-refractivity contribution in [1.29, 1.82) is 0 Å². The van der Waals surface area contributed by atoms with Crippen LogP contribution in [0.3, 0.4) is 0 Å². The Morgan fingerprint density at radius 2 is 1.79 bits per heavy atom. The van der Waals surface area contributed by atoms with Gasteiger partial charge in [0.1, 0.15) is 0 Å². The molecular formula is C28H41NO3S. The number of nitrogens with zero attached hydrogens (tertiary/aromatic N) is 1. The predicted molar refractivity (Wildman–Crippen MR) is 137 cm³/mol. The lowest BCUT2D eigenvalue weighted by Gasteiger charge is -2.37. The molecule has 1 heterocycles. The second kappa shape index (κ2) is 11.8. The molecule has 182 valence electrons. The zero-order valence-corrected chi connectivity index (χ0v) is 21.1. The molecule has 3 aliphatic rings. The third kappa shape index (κ3) is 5.97. The molecule has 4 nitrogen and oxygen atoms in total. The van der Waals surface area contributed by atoms with Crippen molar-refractivity contribution < 1.29 is 14.7 Å². The van der Waals surface area contributed by atoms with Crippen LogP contribution in [0.5, 0.6) is 0 Å². The van der Waals surface area contributed by atoms with E-state index in [1.54, 1.807) is 11.3 Å². The number of aliphatic hydroxyl groups is 1. The van der Waals surface area contributed by atoms with Crippen LogP contribution in [0, 0.1) is 11.8 Å². The first-order valence-electron chi connectivity index (χ1n) is 13.4. The highest BCUT2D eigenvalue weighted by atomic mass is 32.1. The van der Waals surface area contributed by atoms with Crippen molar-refractivity contribution in [2.24, 2.45) is 11.8 Å². The quantitative estimate of drug-likeness (QED) is 0.448. The molecule has 2 fully saturated rings. The normalized spacial score (nSPS) is 29.0. The lowest BCUT2D eigenvalue weighted by Crippen LogP contribution is -2.45. The van der Waals surface area contributed by atoms with E-state index in [0.29, 0.717) is 4.88 Å². The number of rotatable bonds is 6. The molecule has 4 rings (SSSR count). The molecule has 0 aromatic carbocycles. The second-order valence-corrected chi connectivity index (χ2v) is 11.5. The van der Waals surface area contributed by atoms with E-state index >= 15 is 0 Å². The van der Waals surface area contributed by atoms with E-state index in [-0.39, 0.29) is 24.0 Å². The second-order valence-electron chi connectivity index (χ2n) is 10.5. The Morgan fingerprint density at radius 1 is 1.06 bits per heavy atom. The van der Waals surface area contributed by atoms with Crippen LogP contribution in [-0.4, -0.2) is 29.4 Å². The number of aliphatic hydroxyl groups excluding tert-OH is 1. The summed E-state index contributed by atoms with van der Waals surface area (Å²) in [6.45, 7) is 2.26. The number of anilines is 1. The van der Waals surface area contributed by atoms with E-state index in [0.717, 1.165) is 94.9 Å². The Kier molecular flexibility index (Phi) is 8.81. The highest BCUT2D eigenvalue weighted by Crippen LogP contribution is 2.41. The van der Waals surface area contributed by atoms with Crippen molar-refractivity contribution in [2.45, 2.75) is 115 Å². The van der Waals surface area contributed by atoms with E-state index in [2.05, 4.69) is 24.0 Å². The van der Waals surface area contributed by atoms with Gasteiger partial charge in [-0.15, -0.1) is 11.3 Å². The molecule has 1 aromatic heterocycles. The minimum Gasteiger partial charge on any atom is -0.393 e. The fourth-order valence-corrected chi connectivity index (χ4v) is 7.16. The molecule has 3 aliphatic carbocycles. The van der Waals surface area contributed by atoms with Crippen LogP contribution in [0.4, 0.5) is 5.69 Å². The number of aldehydes is 1. The summed E-state index contributed by atoms with van der Waals surface area (Å²) in [7, 11) is 0. The number of carbonyl (C=O) groups excluding carboxylic acids is 2. The van der Waals surface area contributed by atoms with Crippen molar-refractivity contribution in [1.82, 2.24) is 0 Å². The Balaban J connectivity index is 1.65. The fourth-order valence-electron chi connectivity index (χ4n) is 6.12. The SMILES string of the molecule is CCC1CCC(C(=O)N(c2cc(C3=CCCCC3)sc2C=O)C2CCCC(O)CCC2)CC1. The molecule has 0 saturated heterocycles. The van der Waals surface area contributed by atoms with Gasteiger partial charge in [0.15, 0.2) is 6.29 Å². The summed E-state index contributed by atoms with van der Waals surface area (Å²) in [5.74, 6) is 1.06. The smallest absolute Gasteiger partial charge is 0.230 e. The number of hydrogen-bond acceptors (Lipinski definition) is 4. The van der Waals surface area contributed by atoms with Crippen LogP contribution in [0.2, 0.25) is 0 Å². The van der Waals surface area contributed by atoms with Gasteiger partial charge in [-0.3, -0.25) is 9.59 Å². The Labute approximate surface area is 203 Å². The Morgan fingerprint density at radius 3 is 2.39 bits per heavy atom. The average Bonchev–Trinajstić information content (AvgIpc) is 3.27. The molecule has 1 amide bonds. The van der Waals surface area contributed by atoms with Crippen LogP contribution in [0.25, 0.3) is 5.57 Å². The van der Waals surface area contributed by atoms with E-state index in [1.807, 2.05) is 0 Å². The number of thiophene rings is 1. The molecular weight excluding hydrogens is 430 g/mol. The highest BCUT2D eigenvalue weighted by Gasteiger charge is 2.35. The maximum absolute atomic E-state index is 14.1. The van der Waals surface area contributed by atoms with Gasteiger partial charge < -0.3 is 10.0 Å². The maximum Gasteiger partial charge on any atom is 0.230 e. The van der Waals surface area contributed by atoms with Crippen LogP contribution in [0.1, 0.15) is 118 Å². The molecule has 5 heteroatoms. The topological polar surface area (TPSA) is 57.6 Å². The Hall–Kier alpha value is -1.46. The van der Waals surface area contributed by atoms with E-state index in [1.165, 1.54) is 29.7 Å². The third-order valence-corrected chi connectivity index (χ3v) is 9.36. The first-order chi connectivity index (χ1) is 16.1. The summed E-state index contributed by atoms with van der Waals surface area (Å²) in [6, 6.07) is 2.27. The molecule has 0 radical (unpaired) electrons. The standard InChI is InChI=1S/C28H41NO3S/c1-2-20-14-16-22(17-15-20)28(32)29(23-10-6-12-24(31)13-7-11-23)25-18-26(33-27(25)19-30)21-8-4-3-5-9-21/h8,18-20,22-24,31H,2-7,9-17H2,1H3. The molecule has 0 atom stereocenters. The van der Waals surface area contributed by atoms with Gasteiger partial charge in [0.05, 0.1) is 16.7 Å². The van der Waals surface area contributed by atoms with E-state index in [9.17, 15) is 14.7 Å². The van der Waals surface area contributed by atoms with Gasteiger partial charge in [-0.1, -0.05) is 19.4 Å². The molecule has 2 saturated carbocycles. The number of carbonyl (C=O) groups is 2. The molecule has 0 spiro atoms. The van der Waals surface area contributed by atoms with Crippen LogP contribution in [0.15, 0.2) is 12.1 Å². The molecule has 0 aliphatic heterocycles. The Bertz CT molecular complexity index is 826. The van der Waals surface area contributed by atoms with Gasteiger partial charge in [0.25, 0.3) is 0 Å². The number of hydrogen-bond donors (Lipinski definition) is 1. The van der Waals surface area contributed by atoms with Crippen LogP contribution >= 0.6 is 11.3 Å². The highest BCUT2D eigenvalue weighted by molar-refractivity contribution is 7.15. The largest absolute Gasteiger partial charge is 0.393 e. The lowest BCUT2D eigenvalue weighted by molar-refractivity contribution is -0.124. The first-order valence-corrected chi connectivity index (χ1v) is 14.2. The molecule has 1 aromatic rings.